The van der Waals surface area contributed by atoms with Gasteiger partial charge in [0.2, 0.25) is 0 Å². The van der Waals surface area contributed by atoms with Gasteiger partial charge in [0.15, 0.2) is 0 Å². The first-order valence-electron chi connectivity index (χ1n) is 9.57. The monoisotopic (exact) mass is 366 g/mol. The smallest absolute Gasteiger partial charge is 0.316 e. The summed E-state index contributed by atoms with van der Waals surface area (Å²) < 4.78 is 11.0. The van der Waals surface area contributed by atoms with Crippen molar-refractivity contribution in [1.82, 2.24) is 0 Å². The molecule has 1 heterocycles. The number of Topliss-reactive ketones (excluding diaryl/α,β-unsaturated/α-hetero) is 1. The molecule has 2 aromatic rings. The summed E-state index contributed by atoms with van der Waals surface area (Å²) in [4.78, 5) is 24.7. The zero-order valence-electron chi connectivity index (χ0n) is 15.5. The molecule has 0 N–H and O–H groups in total. The summed E-state index contributed by atoms with van der Waals surface area (Å²) in [5.74, 6) is -0.832. The second-order valence-electron chi connectivity index (χ2n) is 7.07. The minimum atomic E-state index is -0.647. The Morgan fingerprint density at radius 1 is 0.963 bits per heavy atom. The van der Waals surface area contributed by atoms with Crippen LogP contribution in [-0.2, 0) is 32.1 Å². The highest BCUT2D eigenvalue weighted by Gasteiger charge is 2.32. The number of cyclic esters (lactones) is 1. The number of rotatable bonds is 8. The van der Waals surface area contributed by atoms with E-state index in [9.17, 15) is 9.59 Å². The fourth-order valence-corrected chi connectivity index (χ4v) is 3.42. The molecule has 0 radical (unpaired) electrons. The molecule has 3 rings (SSSR count). The Hall–Kier alpha value is -2.46. The average Bonchev–Trinajstić information content (AvgIpc) is 2.88. The highest BCUT2D eigenvalue weighted by Crippen LogP contribution is 2.24. The molecule has 2 aromatic carbocycles. The average molecular weight is 366 g/mol. The Morgan fingerprint density at radius 3 is 2.33 bits per heavy atom. The van der Waals surface area contributed by atoms with Gasteiger partial charge in [-0.3, -0.25) is 9.59 Å². The van der Waals surface area contributed by atoms with Gasteiger partial charge in [-0.05, 0) is 36.3 Å². The quantitative estimate of drug-likeness (QED) is 0.403. The van der Waals surface area contributed by atoms with E-state index in [1.807, 2.05) is 48.5 Å². The van der Waals surface area contributed by atoms with Crippen LogP contribution in [0.25, 0.3) is 0 Å². The summed E-state index contributed by atoms with van der Waals surface area (Å²) in [6, 6.07) is 20.0. The van der Waals surface area contributed by atoms with E-state index in [1.165, 1.54) is 5.56 Å². The number of carbonyl (C=O) groups excluding carboxylic acids is 2. The Balaban J connectivity index is 1.43. The fraction of sp³-hybridized carbons (Fsp3) is 0.391. The van der Waals surface area contributed by atoms with E-state index in [2.05, 4.69) is 12.1 Å². The van der Waals surface area contributed by atoms with Crippen LogP contribution in [0.15, 0.2) is 60.7 Å². The lowest BCUT2D eigenvalue weighted by atomic mass is 9.90. The van der Waals surface area contributed by atoms with Crippen LogP contribution in [0, 0.1) is 11.8 Å². The molecule has 0 bridgehead atoms. The van der Waals surface area contributed by atoms with E-state index in [1.54, 1.807) is 0 Å². The predicted molar refractivity (Wildman–Crippen MR) is 103 cm³/mol. The largest absolute Gasteiger partial charge is 0.465 e. The molecule has 1 unspecified atom stereocenters. The van der Waals surface area contributed by atoms with Crippen molar-refractivity contribution in [2.75, 3.05) is 13.2 Å². The molecular formula is C23H26O4. The van der Waals surface area contributed by atoms with E-state index in [4.69, 9.17) is 9.47 Å². The third-order valence-electron chi connectivity index (χ3n) is 4.97. The summed E-state index contributed by atoms with van der Waals surface area (Å²) in [7, 11) is 0. The van der Waals surface area contributed by atoms with Crippen LogP contribution in [0.1, 0.15) is 30.4 Å². The van der Waals surface area contributed by atoms with Crippen molar-refractivity contribution < 1.29 is 19.1 Å². The van der Waals surface area contributed by atoms with Crippen LogP contribution in [0.4, 0.5) is 0 Å². The third kappa shape index (κ3) is 6.04. The molecule has 1 saturated heterocycles. The number of ether oxygens (including phenoxy) is 2. The van der Waals surface area contributed by atoms with Gasteiger partial charge in [-0.1, -0.05) is 60.7 Å². The Bertz CT molecular complexity index is 727. The van der Waals surface area contributed by atoms with E-state index in [0.29, 0.717) is 26.2 Å². The second-order valence-corrected chi connectivity index (χ2v) is 7.07. The van der Waals surface area contributed by atoms with Crippen molar-refractivity contribution in [3.8, 4) is 0 Å². The first kappa shape index (κ1) is 19.3. The normalized spacial score (nSPS) is 19.9. The molecule has 0 aliphatic carbocycles. The summed E-state index contributed by atoms with van der Waals surface area (Å²) in [6.45, 7) is 1.19. The van der Waals surface area contributed by atoms with Crippen molar-refractivity contribution in [1.29, 1.82) is 0 Å². The lowest BCUT2D eigenvalue weighted by Gasteiger charge is -2.12. The van der Waals surface area contributed by atoms with Gasteiger partial charge in [-0.15, -0.1) is 0 Å². The van der Waals surface area contributed by atoms with Crippen molar-refractivity contribution in [3.05, 3.63) is 71.8 Å². The van der Waals surface area contributed by atoms with Crippen molar-refractivity contribution in [2.45, 2.75) is 32.3 Å². The lowest BCUT2D eigenvalue weighted by molar-refractivity contribution is -0.151. The van der Waals surface area contributed by atoms with Crippen LogP contribution >= 0.6 is 0 Å². The maximum absolute atomic E-state index is 12.5. The van der Waals surface area contributed by atoms with Gasteiger partial charge in [0, 0.05) is 6.42 Å². The van der Waals surface area contributed by atoms with E-state index < -0.39 is 5.92 Å². The van der Waals surface area contributed by atoms with Gasteiger partial charge >= 0.3 is 5.97 Å². The van der Waals surface area contributed by atoms with Crippen molar-refractivity contribution in [3.63, 3.8) is 0 Å². The zero-order chi connectivity index (χ0) is 18.9. The van der Waals surface area contributed by atoms with Crippen LogP contribution < -0.4 is 0 Å². The third-order valence-corrected chi connectivity index (χ3v) is 4.97. The van der Waals surface area contributed by atoms with Gasteiger partial charge in [-0.25, -0.2) is 0 Å². The number of hydrogen-bond acceptors (Lipinski definition) is 4. The van der Waals surface area contributed by atoms with Gasteiger partial charge in [-0.2, -0.15) is 0 Å². The molecule has 4 heteroatoms. The fourth-order valence-electron chi connectivity index (χ4n) is 3.42. The molecule has 1 aliphatic heterocycles. The number of hydrogen-bond donors (Lipinski definition) is 0. The number of esters is 1. The molecule has 2 atom stereocenters. The summed E-state index contributed by atoms with van der Waals surface area (Å²) in [6.07, 6.45) is 2.50. The van der Waals surface area contributed by atoms with Crippen LogP contribution in [0.2, 0.25) is 0 Å². The standard InChI is InChI=1S/C23H26O4/c24-22(13-14-26-16-19-9-5-2-6-10-19)21-12-11-20(17-27-23(21)25)15-18-7-3-1-4-8-18/h1-10,20-21H,11-17H2/t20-,21?/m0/s1. The summed E-state index contributed by atoms with van der Waals surface area (Å²) in [5.41, 5.74) is 2.31. The first-order chi connectivity index (χ1) is 13.2. The molecular weight excluding hydrogens is 340 g/mol. The number of ketones is 1. The SMILES string of the molecule is O=C(CCOCc1ccccc1)C1CC[C@@H](Cc2ccccc2)COC1=O. The molecule has 0 saturated carbocycles. The minimum absolute atomic E-state index is 0.0755. The first-order valence-corrected chi connectivity index (χ1v) is 9.57. The molecule has 0 spiro atoms. The van der Waals surface area contributed by atoms with Crippen molar-refractivity contribution >= 4 is 11.8 Å². The molecule has 0 amide bonds. The van der Waals surface area contributed by atoms with E-state index in [0.717, 1.165) is 18.4 Å². The molecule has 27 heavy (non-hydrogen) atoms. The Morgan fingerprint density at radius 2 is 1.63 bits per heavy atom. The maximum Gasteiger partial charge on any atom is 0.316 e. The molecule has 4 nitrogen and oxygen atoms in total. The zero-order valence-corrected chi connectivity index (χ0v) is 15.5. The van der Waals surface area contributed by atoms with Crippen LogP contribution in [-0.4, -0.2) is 25.0 Å². The van der Waals surface area contributed by atoms with Gasteiger partial charge in [0.05, 0.1) is 19.8 Å². The summed E-state index contributed by atoms with van der Waals surface area (Å²) >= 11 is 0. The Kier molecular flexibility index (Phi) is 7.17. The van der Waals surface area contributed by atoms with Crippen LogP contribution in [0.5, 0.6) is 0 Å². The molecule has 1 aliphatic rings. The second kappa shape index (κ2) is 10.0. The van der Waals surface area contributed by atoms with E-state index in [-0.39, 0.29) is 24.1 Å². The van der Waals surface area contributed by atoms with E-state index >= 15 is 0 Å². The topological polar surface area (TPSA) is 52.6 Å². The molecule has 142 valence electrons. The lowest BCUT2D eigenvalue weighted by Crippen LogP contribution is -2.25. The maximum atomic E-state index is 12.5. The predicted octanol–water partition coefficient (Wildman–Crippen LogP) is 3.97. The van der Waals surface area contributed by atoms with Gasteiger partial charge < -0.3 is 9.47 Å². The number of carbonyl (C=O) groups is 2. The highest BCUT2D eigenvalue weighted by molar-refractivity contribution is 5.99. The minimum Gasteiger partial charge on any atom is -0.465 e. The summed E-state index contributed by atoms with van der Waals surface area (Å²) in [5, 5.41) is 0. The molecule has 1 fully saturated rings. The Labute approximate surface area is 160 Å². The molecule has 0 aromatic heterocycles. The van der Waals surface area contributed by atoms with Crippen molar-refractivity contribution in [2.24, 2.45) is 11.8 Å². The number of benzene rings is 2. The van der Waals surface area contributed by atoms with Gasteiger partial charge in [0.1, 0.15) is 11.7 Å². The van der Waals surface area contributed by atoms with Gasteiger partial charge in [0.25, 0.3) is 0 Å². The van der Waals surface area contributed by atoms with Crippen LogP contribution in [0.3, 0.4) is 0 Å². The highest BCUT2D eigenvalue weighted by atomic mass is 16.5.